The maximum absolute atomic E-state index is 6.08. The molecule has 0 fully saturated rings. The molecule has 0 aliphatic rings. The Kier molecular flexibility index (Phi) is 9.16. The lowest BCUT2D eigenvalue weighted by atomic mass is 10.0. The molecule has 2 heteroatoms. The minimum atomic E-state index is 0.302. The van der Waals surface area contributed by atoms with Crippen LogP contribution in [-0.2, 0) is 0 Å². The molecule has 0 aliphatic carbocycles. The Labute approximate surface area is 131 Å². The number of benzene rings is 1. The van der Waals surface area contributed by atoms with Crippen LogP contribution in [0.25, 0.3) is 0 Å². The largest absolute Gasteiger partial charge is 0.491 e. The molecule has 1 rings (SSSR count). The molecular formula is C19H33NO. The SMILES string of the molecule is CCCCCCC(C)Oc1cccc(C(CC)NCC)c1. The van der Waals surface area contributed by atoms with Gasteiger partial charge in [-0.15, -0.1) is 0 Å². The lowest BCUT2D eigenvalue weighted by Crippen LogP contribution is -2.20. The molecule has 2 unspecified atom stereocenters. The van der Waals surface area contributed by atoms with Crippen LogP contribution in [-0.4, -0.2) is 12.6 Å². The summed E-state index contributed by atoms with van der Waals surface area (Å²) < 4.78 is 6.08. The summed E-state index contributed by atoms with van der Waals surface area (Å²) in [6, 6.07) is 8.99. The average Bonchev–Trinajstić information content (AvgIpc) is 2.49. The van der Waals surface area contributed by atoms with Crippen molar-refractivity contribution in [2.24, 2.45) is 0 Å². The zero-order chi connectivity index (χ0) is 15.5. The lowest BCUT2D eigenvalue weighted by molar-refractivity contribution is 0.206. The van der Waals surface area contributed by atoms with Gasteiger partial charge in [0.2, 0.25) is 0 Å². The van der Waals surface area contributed by atoms with E-state index in [1.54, 1.807) is 0 Å². The highest BCUT2D eigenvalue weighted by Crippen LogP contribution is 2.23. The summed E-state index contributed by atoms with van der Waals surface area (Å²) in [5.41, 5.74) is 1.33. The van der Waals surface area contributed by atoms with Gasteiger partial charge in [-0.25, -0.2) is 0 Å². The number of nitrogens with one attached hydrogen (secondary N) is 1. The number of rotatable bonds is 11. The van der Waals surface area contributed by atoms with Crippen LogP contribution in [0.5, 0.6) is 5.75 Å². The summed E-state index contributed by atoms with van der Waals surface area (Å²) in [7, 11) is 0. The van der Waals surface area contributed by atoms with E-state index in [4.69, 9.17) is 4.74 Å². The van der Waals surface area contributed by atoms with Gasteiger partial charge >= 0.3 is 0 Å². The Balaban J connectivity index is 2.51. The van der Waals surface area contributed by atoms with Gasteiger partial charge in [0.15, 0.2) is 0 Å². The third-order valence-electron chi connectivity index (χ3n) is 3.92. The Morgan fingerprint density at radius 2 is 1.90 bits per heavy atom. The molecule has 0 amide bonds. The summed E-state index contributed by atoms with van der Waals surface area (Å²) in [5.74, 6) is 1.01. The molecule has 2 nitrogen and oxygen atoms in total. The van der Waals surface area contributed by atoms with Crippen molar-refractivity contribution in [2.45, 2.75) is 78.4 Å². The third kappa shape index (κ3) is 6.99. The molecule has 0 aliphatic heterocycles. The Morgan fingerprint density at radius 3 is 2.57 bits per heavy atom. The minimum absolute atomic E-state index is 0.302. The first-order valence-corrected chi connectivity index (χ1v) is 8.71. The van der Waals surface area contributed by atoms with E-state index >= 15 is 0 Å². The first-order chi connectivity index (χ1) is 10.2. The summed E-state index contributed by atoms with van der Waals surface area (Å²) in [5, 5.41) is 3.52. The fourth-order valence-corrected chi connectivity index (χ4v) is 2.70. The van der Waals surface area contributed by atoms with E-state index in [-0.39, 0.29) is 0 Å². The van der Waals surface area contributed by atoms with Crippen molar-refractivity contribution < 1.29 is 4.74 Å². The van der Waals surface area contributed by atoms with Crippen LogP contribution in [0.1, 0.15) is 77.8 Å². The summed E-state index contributed by atoms with van der Waals surface area (Å²) in [4.78, 5) is 0. The average molecular weight is 291 g/mol. The van der Waals surface area contributed by atoms with Crippen LogP contribution in [0.2, 0.25) is 0 Å². The van der Waals surface area contributed by atoms with Crippen molar-refractivity contribution in [1.82, 2.24) is 5.32 Å². The smallest absolute Gasteiger partial charge is 0.120 e. The molecule has 1 aromatic rings. The number of ether oxygens (including phenoxy) is 1. The molecule has 0 saturated carbocycles. The molecule has 0 aromatic heterocycles. The van der Waals surface area contributed by atoms with E-state index < -0.39 is 0 Å². The van der Waals surface area contributed by atoms with Crippen LogP contribution in [0.3, 0.4) is 0 Å². The van der Waals surface area contributed by atoms with Crippen molar-refractivity contribution in [3.8, 4) is 5.75 Å². The molecule has 0 spiro atoms. The number of hydrogen-bond acceptors (Lipinski definition) is 2. The molecule has 0 saturated heterocycles. The lowest BCUT2D eigenvalue weighted by Gasteiger charge is -2.19. The van der Waals surface area contributed by atoms with Crippen LogP contribution in [0.4, 0.5) is 0 Å². The molecule has 1 aromatic carbocycles. The van der Waals surface area contributed by atoms with Gasteiger partial charge in [0.05, 0.1) is 6.10 Å². The zero-order valence-electron chi connectivity index (χ0n) is 14.3. The van der Waals surface area contributed by atoms with Gasteiger partial charge in [0, 0.05) is 6.04 Å². The molecule has 0 heterocycles. The second kappa shape index (κ2) is 10.7. The summed E-state index contributed by atoms with van der Waals surface area (Å²) >= 11 is 0. The van der Waals surface area contributed by atoms with Gasteiger partial charge < -0.3 is 10.1 Å². The Morgan fingerprint density at radius 1 is 1.10 bits per heavy atom. The molecule has 0 bridgehead atoms. The standard InChI is InChI=1S/C19H33NO/c1-5-8-9-10-12-16(4)21-18-14-11-13-17(15-18)19(6-2)20-7-3/h11,13-16,19-20H,5-10,12H2,1-4H3. The molecule has 1 N–H and O–H groups in total. The molecule has 0 radical (unpaired) electrons. The first-order valence-electron chi connectivity index (χ1n) is 8.71. The van der Waals surface area contributed by atoms with Crippen molar-refractivity contribution in [3.63, 3.8) is 0 Å². The fraction of sp³-hybridized carbons (Fsp3) is 0.684. The predicted octanol–water partition coefficient (Wildman–Crippen LogP) is 5.48. The van der Waals surface area contributed by atoms with Crippen LogP contribution in [0, 0.1) is 0 Å². The minimum Gasteiger partial charge on any atom is -0.491 e. The maximum atomic E-state index is 6.08. The van der Waals surface area contributed by atoms with Gasteiger partial charge in [-0.1, -0.05) is 52.2 Å². The number of unbranched alkanes of at least 4 members (excludes halogenated alkanes) is 3. The highest BCUT2D eigenvalue weighted by molar-refractivity contribution is 5.30. The predicted molar refractivity (Wildman–Crippen MR) is 92.0 cm³/mol. The van der Waals surface area contributed by atoms with E-state index in [1.807, 2.05) is 0 Å². The first kappa shape index (κ1) is 18.0. The van der Waals surface area contributed by atoms with E-state index in [9.17, 15) is 0 Å². The highest BCUT2D eigenvalue weighted by atomic mass is 16.5. The van der Waals surface area contributed by atoms with E-state index in [1.165, 1.54) is 31.2 Å². The normalized spacial score (nSPS) is 13.9. The zero-order valence-corrected chi connectivity index (χ0v) is 14.3. The maximum Gasteiger partial charge on any atom is 0.120 e. The van der Waals surface area contributed by atoms with Crippen LogP contribution >= 0.6 is 0 Å². The van der Waals surface area contributed by atoms with Crippen molar-refractivity contribution >= 4 is 0 Å². The summed E-state index contributed by atoms with van der Waals surface area (Å²) in [6.07, 6.45) is 7.77. The van der Waals surface area contributed by atoms with Crippen LogP contribution in [0.15, 0.2) is 24.3 Å². The van der Waals surface area contributed by atoms with E-state index in [2.05, 4.69) is 57.3 Å². The third-order valence-corrected chi connectivity index (χ3v) is 3.92. The second-order valence-corrected chi connectivity index (χ2v) is 5.87. The van der Waals surface area contributed by atoms with Gasteiger partial charge in [-0.2, -0.15) is 0 Å². The van der Waals surface area contributed by atoms with Crippen molar-refractivity contribution in [3.05, 3.63) is 29.8 Å². The van der Waals surface area contributed by atoms with Crippen molar-refractivity contribution in [1.29, 1.82) is 0 Å². The molecular weight excluding hydrogens is 258 g/mol. The molecule has 120 valence electrons. The van der Waals surface area contributed by atoms with Gasteiger partial charge in [0.1, 0.15) is 5.75 Å². The molecule has 21 heavy (non-hydrogen) atoms. The Hall–Kier alpha value is -1.02. The van der Waals surface area contributed by atoms with Gasteiger partial charge in [-0.05, 0) is 50.4 Å². The van der Waals surface area contributed by atoms with E-state index in [0.717, 1.165) is 25.1 Å². The van der Waals surface area contributed by atoms with Crippen molar-refractivity contribution in [2.75, 3.05) is 6.54 Å². The summed E-state index contributed by atoms with van der Waals surface area (Å²) in [6.45, 7) is 9.80. The second-order valence-electron chi connectivity index (χ2n) is 5.87. The highest BCUT2D eigenvalue weighted by Gasteiger charge is 2.10. The Bertz CT molecular complexity index is 378. The topological polar surface area (TPSA) is 21.3 Å². The van der Waals surface area contributed by atoms with Gasteiger partial charge in [0.25, 0.3) is 0 Å². The quantitative estimate of drug-likeness (QED) is 0.545. The monoisotopic (exact) mass is 291 g/mol. The van der Waals surface area contributed by atoms with Gasteiger partial charge in [-0.3, -0.25) is 0 Å². The molecule has 2 atom stereocenters. The number of hydrogen-bond donors (Lipinski definition) is 1. The van der Waals surface area contributed by atoms with Crippen LogP contribution < -0.4 is 10.1 Å². The van der Waals surface area contributed by atoms with E-state index in [0.29, 0.717) is 12.1 Å². The fourth-order valence-electron chi connectivity index (χ4n) is 2.70.